The van der Waals surface area contributed by atoms with E-state index in [0.29, 0.717) is 0 Å². The number of hydrogen-bond acceptors (Lipinski definition) is 4. The summed E-state index contributed by atoms with van der Waals surface area (Å²) < 4.78 is 0. The third-order valence-corrected chi connectivity index (χ3v) is 3.57. The molecule has 1 aromatic heterocycles. The fourth-order valence-corrected chi connectivity index (χ4v) is 2.63. The van der Waals surface area contributed by atoms with Gasteiger partial charge in [-0.15, -0.1) is 24.8 Å². The van der Waals surface area contributed by atoms with Gasteiger partial charge in [-0.05, 0) is 35.9 Å². The van der Waals surface area contributed by atoms with Crippen molar-refractivity contribution >= 4 is 46.4 Å². The quantitative estimate of drug-likeness (QED) is 0.661. The van der Waals surface area contributed by atoms with E-state index in [4.69, 9.17) is 5.73 Å². The van der Waals surface area contributed by atoms with Crippen molar-refractivity contribution in [2.75, 3.05) is 12.3 Å². The average molecular weight is 273 g/mol. The molecule has 2 N–H and O–H groups in total. The van der Waals surface area contributed by atoms with Crippen LogP contribution in [-0.4, -0.2) is 17.3 Å². The number of halogens is 2. The lowest BCUT2D eigenvalue weighted by molar-refractivity contribution is 0.945. The molecule has 0 radical (unpaired) electrons. The molecule has 0 aliphatic heterocycles. The Morgan fingerprint density at radius 3 is 2.64 bits per heavy atom. The summed E-state index contributed by atoms with van der Waals surface area (Å²) in [5.41, 5.74) is 5.37. The zero-order valence-electron chi connectivity index (χ0n) is 7.59. The first-order chi connectivity index (χ1) is 5.93. The molecule has 0 amide bonds. The van der Waals surface area contributed by atoms with Crippen molar-refractivity contribution < 1.29 is 0 Å². The lowest BCUT2D eigenvalue weighted by Crippen LogP contribution is -1.98. The Kier molecular flexibility index (Phi) is 13.8. The molecule has 0 atom stereocenters. The van der Waals surface area contributed by atoms with Crippen LogP contribution in [0.3, 0.4) is 0 Å². The lowest BCUT2D eigenvalue weighted by atomic mass is 10.5. The summed E-state index contributed by atoms with van der Waals surface area (Å²) in [5.74, 6) is 1.09. The van der Waals surface area contributed by atoms with Crippen molar-refractivity contribution in [1.29, 1.82) is 0 Å². The van der Waals surface area contributed by atoms with Crippen LogP contribution in [0.1, 0.15) is 6.42 Å². The second kappa shape index (κ2) is 11.5. The molecule has 82 valence electrons. The average Bonchev–Trinajstić information content (AvgIpc) is 2.14. The summed E-state index contributed by atoms with van der Waals surface area (Å²) >= 11 is 0. The summed E-state index contributed by atoms with van der Waals surface area (Å²) in [4.78, 5) is 4.19. The summed E-state index contributed by atoms with van der Waals surface area (Å²) in [6, 6.07) is 5.94. The van der Waals surface area contributed by atoms with E-state index in [1.54, 1.807) is 21.6 Å². The summed E-state index contributed by atoms with van der Waals surface area (Å²) in [6.07, 6.45) is 2.89. The zero-order valence-corrected chi connectivity index (χ0v) is 10.9. The first-order valence-corrected chi connectivity index (χ1v) is 6.16. The van der Waals surface area contributed by atoms with Crippen molar-refractivity contribution in [1.82, 2.24) is 4.98 Å². The van der Waals surface area contributed by atoms with Gasteiger partial charge in [-0.2, -0.15) is 0 Å². The van der Waals surface area contributed by atoms with Crippen LogP contribution in [0.4, 0.5) is 0 Å². The Labute approximate surface area is 105 Å². The van der Waals surface area contributed by atoms with Crippen LogP contribution in [0.5, 0.6) is 0 Å². The molecule has 0 aromatic carbocycles. The number of nitrogens with zero attached hydrogens (tertiary/aromatic N) is 1. The Hall–Kier alpha value is 0.390. The fourth-order valence-electron chi connectivity index (χ4n) is 0.641. The van der Waals surface area contributed by atoms with Gasteiger partial charge in [0.05, 0.1) is 0 Å². The van der Waals surface area contributed by atoms with Gasteiger partial charge < -0.3 is 5.73 Å². The first-order valence-electron chi connectivity index (χ1n) is 3.84. The Morgan fingerprint density at radius 1 is 1.29 bits per heavy atom. The molecule has 1 rings (SSSR count). The third-order valence-electron chi connectivity index (χ3n) is 1.21. The van der Waals surface area contributed by atoms with Gasteiger partial charge in [0.2, 0.25) is 0 Å². The highest BCUT2D eigenvalue weighted by Gasteiger charge is 1.93. The van der Waals surface area contributed by atoms with Crippen LogP contribution in [0, 0.1) is 0 Å². The molecule has 0 saturated carbocycles. The van der Waals surface area contributed by atoms with Crippen molar-refractivity contribution in [3.05, 3.63) is 24.4 Å². The van der Waals surface area contributed by atoms with Crippen molar-refractivity contribution in [2.24, 2.45) is 5.73 Å². The number of nitrogens with two attached hydrogens (primary N) is 1. The highest BCUT2D eigenvalue weighted by Crippen LogP contribution is 2.28. The molecule has 6 heteroatoms. The maximum Gasteiger partial charge on any atom is 0.106 e. The summed E-state index contributed by atoms with van der Waals surface area (Å²) in [6.45, 7) is 0.774. The van der Waals surface area contributed by atoms with E-state index in [1.165, 1.54) is 0 Å². The number of rotatable bonds is 5. The molecular formula is C8H14Cl2N2S2. The largest absolute Gasteiger partial charge is 0.330 e. The van der Waals surface area contributed by atoms with Gasteiger partial charge in [0.25, 0.3) is 0 Å². The van der Waals surface area contributed by atoms with Gasteiger partial charge >= 0.3 is 0 Å². The van der Waals surface area contributed by atoms with E-state index in [9.17, 15) is 0 Å². The monoisotopic (exact) mass is 272 g/mol. The minimum atomic E-state index is 0. The standard InChI is InChI=1S/C8H12N2S2.2ClH/c9-5-3-7-11-12-8-4-1-2-6-10-8;;/h1-2,4,6H,3,5,7,9H2;2*1H. The second-order valence-electron chi connectivity index (χ2n) is 2.22. The van der Waals surface area contributed by atoms with E-state index < -0.39 is 0 Å². The molecular weight excluding hydrogens is 259 g/mol. The minimum Gasteiger partial charge on any atom is -0.330 e. The highest BCUT2D eigenvalue weighted by molar-refractivity contribution is 8.76. The molecule has 0 aliphatic rings. The van der Waals surface area contributed by atoms with E-state index in [-0.39, 0.29) is 24.8 Å². The second-order valence-corrected chi connectivity index (χ2v) is 4.65. The predicted molar refractivity (Wildman–Crippen MR) is 70.7 cm³/mol. The normalized spacial score (nSPS) is 8.64. The SMILES string of the molecule is Cl.Cl.NCCCSSc1ccccn1. The van der Waals surface area contributed by atoms with Crippen LogP contribution >= 0.6 is 46.4 Å². The van der Waals surface area contributed by atoms with E-state index >= 15 is 0 Å². The van der Waals surface area contributed by atoms with Gasteiger partial charge in [-0.1, -0.05) is 16.9 Å². The van der Waals surface area contributed by atoms with Gasteiger partial charge in [0.1, 0.15) is 5.03 Å². The molecule has 14 heavy (non-hydrogen) atoms. The molecule has 0 bridgehead atoms. The Bertz CT molecular complexity index is 212. The molecule has 2 nitrogen and oxygen atoms in total. The van der Waals surface area contributed by atoms with Crippen LogP contribution < -0.4 is 5.73 Å². The van der Waals surface area contributed by atoms with Gasteiger partial charge in [-0.25, -0.2) is 4.98 Å². The molecule has 0 fully saturated rings. The Morgan fingerprint density at radius 2 is 2.07 bits per heavy atom. The Balaban J connectivity index is 0. The zero-order chi connectivity index (χ0) is 8.65. The van der Waals surface area contributed by atoms with E-state index in [0.717, 1.165) is 23.7 Å². The molecule has 0 unspecified atom stereocenters. The fraction of sp³-hybridized carbons (Fsp3) is 0.375. The van der Waals surface area contributed by atoms with Crippen LogP contribution in [-0.2, 0) is 0 Å². The van der Waals surface area contributed by atoms with Crippen LogP contribution in [0.15, 0.2) is 29.4 Å². The number of pyridine rings is 1. The maximum absolute atomic E-state index is 5.37. The van der Waals surface area contributed by atoms with E-state index in [2.05, 4.69) is 4.98 Å². The van der Waals surface area contributed by atoms with Crippen molar-refractivity contribution in [3.63, 3.8) is 0 Å². The van der Waals surface area contributed by atoms with Crippen LogP contribution in [0.2, 0.25) is 0 Å². The first kappa shape index (κ1) is 16.8. The summed E-state index contributed by atoms with van der Waals surface area (Å²) in [7, 11) is 3.52. The lowest BCUT2D eigenvalue weighted by Gasteiger charge is -1.97. The smallest absolute Gasteiger partial charge is 0.106 e. The molecule has 0 aliphatic carbocycles. The van der Waals surface area contributed by atoms with Gasteiger partial charge in [-0.3, -0.25) is 0 Å². The summed E-state index contributed by atoms with van der Waals surface area (Å²) in [5, 5.41) is 1.07. The molecule has 1 heterocycles. The number of aromatic nitrogens is 1. The molecule has 1 aromatic rings. The van der Waals surface area contributed by atoms with Crippen molar-refractivity contribution in [3.8, 4) is 0 Å². The molecule has 0 spiro atoms. The van der Waals surface area contributed by atoms with E-state index in [1.807, 2.05) is 24.4 Å². The van der Waals surface area contributed by atoms with Gasteiger partial charge in [0.15, 0.2) is 0 Å². The predicted octanol–water partition coefficient (Wildman–Crippen LogP) is 3.01. The minimum absolute atomic E-state index is 0. The maximum atomic E-state index is 5.37. The van der Waals surface area contributed by atoms with Crippen molar-refractivity contribution in [2.45, 2.75) is 11.4 Å². The molecule has 0 saturated heterocycles. The van der Waals surface area contributed by atoms with Crippen LogP contribution in [0.25, 0.3) is 0 Å². The van der Waals surface area contributed by atoms with Gasteiger partial charge in [0, 0.05) is 11.9 Å². The topological polar surface area (TPSA) is 38.9 Å². The number of hydrogen-bond donors (Lipinski definition) is 1. The highest BCUT2D eigenvalue weighted by atomic mass is 35.5. The third kappa shape index (κ3) is 7.76.